The van der Waals surface area contributed by atoms with Gasteiger partial charge in [0, 0.05) is 29.4 Å². The molecule has 0 radical (unpaired) electrons. The minimum Gasteiger partial charge on any atom is -0.324 e. The number of rotatable bonds is 2. The van der Waals surface area contributed by atoms with Crippen molar-refractivity contribution in [3.8, 4) is 0 Å². The monoisotopic (exact) mass is 480 g/mol. The SMILES string of the molecule is Cc1ccc2c(c1C)NC(=O)[C@]21[C@H]2C(=O)N(c3ccc([N+](=O)[O-])cc3Cl)C(=O)[C@@H]2[C@H]2CCCN21. The lowest BCUT2D eigenvalue weighted by atomic mass is 9.75. The Bertz CT molecular complexity index is 1340. The number of halogens is 1. The molecule has 4 heterocycles. The van der Waals surface area contributed by atoms with Gasteiger partial charge in [0.1, 0.15) is 5.54 Å². The van der Waals surface area contributed by atoms with E-state index in [4.69, 9.17) is 11.6 Å². The van der Waals surface area contributed by atoms with Gasteiger partial charge < -0.3 is 5.32 Å². The first kappa shape index (κ1) is 21.2. The number of imide groups is 1. The summed E-state index contributed by atoms with van der Waals surface area (Å²) in [5.74, 6) is -2.79. The Hall–Kier alpha value is -3.30. The number of nitro groups is 1. The molecule has 6 rings (SSSR count). The van der Waals surface area contributed by atoms with E-state index in [0.29, 0.717) is 18.7 Å². The third-order valence-corrected chi connectivity index (χ3v) is 8.38. The number of fused-ring (bicyclic) bond motifs is 7. The number of non-ortho nitro benzene ring substituents is 1. The van der Waals surface area contributed by atoms with Crippen LogP contribution < -0.4 is 10.2 Å². The number of hydrogen-bond acceptors (Lipinski definition) is 6. The largest absolute Gasteiger partial charge is 0.324 e. The number of carbonyl (C=O) groups excluding carboxylic acids is 3. The summed E-state index contributed by atoms with van der Waals surface area (Å²) in [5.41, 5.74) is 2.01. The highest BCUT2D eigenvalue weighted by Crippen LogP contribution is 2.61. The molecule has 4 atom stereocenters. The van der Waals surface area contributed by atoms with Crippen LogP contribution in [0, 0.1) is 35.8 Å². The minimum atomic E-state index is -1.27. The lowest BCUT2D eigenvalue weighted by Gasteiger charge is -2.36. The first-order chi connectivity index (χ1) is 16.2. The molecule has 34 heavy (non-hydrogen) atoms. The van der Waals surface area contributed by atoms with Gasteiger partial charge in [0.15, 0.2) is 0 Å². The fourth-order valence-corrected chi connectivity index (χ4v) is 6.81. The maximum absolute atomic E-state index is 14.0. The average Bonchev–Trinajstić information content (AvgIpc) is 3.50. The van der Waals surface area contributed by atoms with E-state index in [-0.39, 0.29) is 28.3 Å². The topological polar surface area (TPSA) is 113 Å². The number of nitro benzene ring substituents is 1. The number of anilines is 2. The molecule has 2 aromatic carbocycles. The van der Waals surface area contributed by atoms with Crippen LogP contribution in [0.25, 0.3) is 0 Å². The molecular weight excluding hydrogens is 460 g/mol. The minimum absolute atomic E-state index is 0.0593. The normalized spacial score (nSPS) is 29.6. The molecule has 1 N–H and O–H groups in total. The Morgan fingerprint density at radius 2 is 1.91 bits per heavy atom. The molecule has 0 saturated carbocycles. The predicted octanol–water partition coefficient (Wildman–Crippen LogP) is 3.30. The maximum Gasteiger partial charge on any atom is 0.271 e. The molecule has 4 aliphatic heterocycles. The van der Waals surface area contributed by atoms with E-state index in [0.717, 1.165) is 34.1 Å². The quantitative estimate of drug-likeness (QED) is 0.401. The average molecular weight is 481 g/mol. The van der Waals surface area contributed by atoms with E-state index in [2.05, 4.69) is 10.2 Å². The number of carbonyl (C=O) groups is 3. The van der Waals surface area contributed by atoms with E-state index in [1.54, 1.807) is 0 Å². The molecular formula is C24H21ClN4O5. The van der Waals surface area contributed by atoms with Crippen LogP contribution in [0.3, 0.4) is 0 Å². The third-order valence-electron chi connectivity index (χ3n) is 8.08. The van der Waals surface area contributed by atoms with Gasteiger partial charge in [-0.1, -0.05) is 23.7 Å². The fraction of sp³-hybridized carbons (Fsp3) is 0.375. The van der Waals surface area contributed by atoms with Gasteiger partial charge in [-0.2, -0.15) is 0 Å². The number of nitrogens with zero attached hydrogens (tertiary/aromatic N) is 3. The van der Waals surface area contributed by atoms with Crippen LogP contribution in [0.5, 0.6) is 0 Å². The van der Waals surface area contributed by atoms with Gasteiger partial charge in [-0.3, -0.25) is 29.4 Å². The number of hydrogen-bond donors (Lipinski definition) is 1. The van der Waals surface area contributed by atoms with Crippen LogP contribution in [0.1, 0.15) is 29.5 Å². The van der Waals surface area contributed by atoms with Crippen LogP contribution in [-0.2, 0) is 19.9 Å². The summed E-state index contributed by atoms with van der Waals surface area (Å²) in [4.78, 5) is 55.1. The Labute approximate surface area is 199 Å². The molecule has 3 fully saturated rings. The van der Waals surface area contributed by atoms with Gasteiger partial charge in [0.2, 0.25) is 17.7 Å². The molecule has 0 aromatic heterocycles. The molecule has 174 valence electrons. The lowest BCUT2D eigenvalue weighted by Crippen LogP contribution is -2.54. The Kier molecular flexibility index (Phi) is 4.29. The summed E-state index contributed by atoms with van der Waals surface area (Å²) in [6, 6.07) is 7.27. The molecule has 0 aliphatic carbocycles. The van der Waals surface area contributed by atoms with E-state index >= 15 is 0 Å². The van der Waals surface area contributed by atoms with Gasteiger partial charge >= 0.3 is 0 Å². The number of amides is 3. The zero-order valence-corrected chi connectivity index (χ0v) is 19.3. The van der Waals surface area contributed by atoms with Gasteiger partial charge in [-0.25, -0.2) is 4.90 Å². The lowest BCUT2D eigenvalue weighted by molar-refractivity contribution is -0.384. The summed E-state index contributed by atoms with van der Waals surface area (Å²) < 4.78 is 0. The first-order valence-corrected chi connectivity index (χ1v) is 11.6. The zero-order valence-electron chi connectivity index (χ0n) is 18.5. The standard InChI is InChI=1S/C24H21ClN4O5/c1-11-5-7-14-20(12(11)2)26-23(32)24(14)19-18(17-4-3-9-27(17)24)21(30)28(22(19)31)16-8-6-13(29(33)34)10-15(16)25/h5-8,10,17-19H,3-4,9H2,1-2H3,(H,26,32)/t17-,18-,19-,24-/m1/s1. The molecule has 3 amide bonds. The molecule has 1 spiro atoms. The van der Waals surface area contributed by atoms with Crippen LogP contribution in [0.2, 0.25) is 5.02 Å². The van der Waals surface area contributed by atoms with Gasteiger partial charge in [0.05, 0.1) is 27.5 Å². The smallest absolute Gasteiger partial charge is 0.271 e. The van der Waals surface area contributed by atoms with Crippen LogP contribution in [-0.4, -0.2) is 40.1 Å². The van der Waals surface area contributed by atoms with Gasteiger partial charge in [0.25, 0.3) is 5.69 Å². The summed E-state index contributed by atoms with van der Waals surface area (Å²) in [6.45, 7) is 4.52. The van der Waals surface area contributed by atoms with Crippen molar-refractivity contribution >= 4 is 46.4 Å². The summed E-state index contributed by atoms with van der Waals surface area (Å²) in [5, 5.41) is 14.1. The Morgan fingerprint density at radius 1 is 1.15 bits per heavy atom. The van der Waals surface area contributed by atoms with Crippen molar-refractivity contribution in [1.29, 1.82) is 0 Å². The molecule has 3 saturated heterocycles. The third kappa shape index (κ3) is 2.35. The summed E-state index contributed by atoms with van der Waals surface area (Å²) in [7, 11) is 0. The molecule has 10 heteroatoms. The van der Waals surface area contributed by atoms with Gasteiger partial charge in [-0.15, -0.1) is 0 Å². The Morgan fingerprint density at radius 3 is 2.62 bits per heavy atom. The second kappa shape index (κ2) is 6.86. The highest BCUT2D eigenvalue weighted by atomic mass is 35.5. The van der Waals surface area contributed by atoms with Crippen LogP contribution in [0.15, 0.2) is 30.3 Å². The first-order valence-electron chi connectivity index (χ1n) is 11.2. The van der Waals surface area contributed by atoms with Crippen LogP contribution >= 0.6 is 11.6 Å². The van der Waals surface area contributed by atoms with Crippen molar-refractivity contribution in [1.82, 2.24) is 4.90 Å². The second-order valence-electron chi connectivity index (χ2n) is 9.46. The van der Waals surface area contributed by atoms with E-state index in [1.807, 2.05) is 26.0 Å². The van der Waals surface area contributed by atoms with Crippen molar-refractivity contribution in [3.63, 3.8) is 0 Å². The predicted molar refractivity (Wildman–Crippen MR) is 124 cm³/mol. The van der Waals surface area contributed by atoms with E-state index in [1.165, 1.54) is 12.1 Å². The fourth-order valence-electron chi connectivity index (χ4n) is 6.55. The number of aryl methyl sites for hydroxylation is 1. The molecule has 9 nitrogen and oxygen atoms in total. The number of nitrogens with one attached hydrogen (secondary N) is 1. The van der Waals surface area contributed by atoms with Crippen molar-refractivity contribution in [3.05, 3.63) is 62.2 Å². The van der Waals surface area contributed by atoms with E-state index in [9.17, 15) is 24.5 Å². The van der Waals surface area contributed by atoms with Gasteiger partial charge in [-0.05, 0) is 50.4 Å². The van der Waals surface area contributed by atoms with Crippen molar-refractivity contribution in [2.45, 2.75) is 38.3 Å². The molecule has 0 unspecified atom stereocenters. The molecule has 0 bridgehead atoms. The maximum atomic E-state index is 14.0. The van der Waals surface area contributed by atoms with Crippen LogP contribution in [0.4, 0.5) is 17.1 Å². The van der Waals surface area contributed by atoms with Crippen molar-refractivity contribution in [2.24, 2.45) is 11.8 Å². The summed E-state index contributed by atoms with van der Waals surface area (Å²) in [6.07, 6.45) is 1.53. The van der Waals surface area contributed by atoms with Crippen molar-refractivity contribution in [2.75, 3.05) is 16.8 Å². The highest BCUT2D eigenvalue weighted by molar-refractivity contribution is 6.36. The second-order valence-corrected chi connectivity index (χ2v) is 9.87. The molecule has 4 aliphatic rings. The summed E-state index contributed by atoms with van der Waals surface area (Å²) >= 11 is 6.31. The van der Waals surface area contributed by atoms with E-state index < -0.39 is 34.1 Å². The Balaban J connectivity index is 1.54. The molecule has 2 aromatic rings. The highest BCUT2D eigenvalue weighted by Gasteiger charge is 2.74. The zero-order chi connectivity index (χ0) is 24.1. The van der Waals surface area contributed by atoms with Crippen molar-refractivity contribution < 1.29 is 19.3 Å². The number of benzene rings is 2.